The molecule has 1 aromatic carbocycles. The zero-order valence-electron chi connectivity index (χ0n) is 18.9. The van der Waals surface area contributed by atoms with Crippen LogP contribution in [0, 0.1) is 0 Å². The number of nitrogens with zero attached hydrogens (tertiary/aromatic N) is 6. The standard InChI is InChI=1S/C24H32N6O2/c1-31-21-16-19-20(17-22(21)32-15-7-9-28-14-8-25-18-28)26-24(30-12-5-6-13-30)27-23(19)29-10-3-2-4-11-29/h8,14,16-18H,2-7,9-13,15H2,1H3. The van der Waals surface area contributed by atoms with Crippen LogP contribution < -0.4 is 19.3 Å². The van der Waals surface area contributed by atoms with Crippen molar-refractivity contribution in [3.63, 3.8) is 0 Å². The molecule has 0 unspecified atom stereocenters. The van der Waals surface area contributed by atoms with Crippen LogP contribution >= 0.6 is 0 Å². The summed E-state index contributed by atoms with van der Waals surface area (Å²) >= 11 is 0. The molecule has 2 fully saturated rings. The lowest BCUT2D eigenvalue weighted by Gasteiger charge is -2.30. The van der Waals surface area contributed by atoms with Gasteiger partial charge in [-0.2, -0.15) is 4.98 Å². The molecule has 0 aliphatic carbocycles. The van der Waals surface area contributed by atoms with Crippen LogP contribution in [0.5, 0.6) is 11.5 Å². The minimum Gasteiger partial charge on any atom is -0.493 e. The fourth-order valence-corrected chi connectivity index (χ4v) is 4.63. The van der Waals surface area contributed by atoms with Crippen LogP contribution in [0.2, 0.25) is 0 Å². The second-order valence-electron chi connectivity index (χ2n) is 8.61. The van der Waals surface area contributed by atoms with E-state index in [1.165, 1.54) is 32.1 Å². The van der Waals surface area contributed by atoms with Crippen molar-refractivity contribution in [2.24, 2.45) is 0 Å². The molecule has 0 atom stereocenters. The highest BCUT2D eigenvalue weighted by molar-refractivity contribution is 5.93. The van der Waals surface area contributed by atoms with Gasteiger partial charge in [0.2, 0.25) is 5.95 Å². The van der Waals surface area contributed by atoms with E-state index in [2.05, 4.69) is 25.4 Å². The van der Waals surface area contributed by atoms with Gasteiger partial charge in [-0.3, -0.25) is 0 Å². The zero-order valence-corrected chi connectivity index (χ0v) is 18.9. The maximum atomic E-state index is 6.14. The first-order valence-electron chi connectivity index (χ1n) is 11.8. The first-order valence-corrected chi connectivity index (χ1v) is 11.8. The van der Waals surface area contributed by atoms with Gasteiger partial charge in [0, 0.05) is 56.6 Å². The molecule has 0 saturated carbocycles. The van der Waals surface area contributed by atoms with E-state index < -0.39 is 0 Å². The van der Waals surface area contributed by atoms with Crippen LogP contribution in [0.15, 0.2) is 30.9 Å². The van der Waals surface area contributed by atoms with Crippen molar-refractivity contribution in [1.82, 2.24) is 19.5 Å². The van der Waals surface area contributed by atoms with E-state index in [0.29, 0.717) is 6.61 Å². The summed E-state index contributed by atoms with van der Waals surface area (Å²) in [5, 5.41) is 1.04. The summed E-state index contributed by atoms with van der Waals surface area (Å²) in [5.41, 5.74) is 0.924. The molecule has 2 aromatic heterocycles. The molecule has 2 aliphatic rings. The van der Waals surface area contributed by atoms with E-state index in [0.717, 1.165) is 73.3 Å². The number of hydrogen-bond acceptors (Lipinski definition) is 7. The Labute approximate surface area is 189 Å². The molecule has 2 aliphatic heterocycles. The largest absolute Gasteiger partial charge is 0.493 e. The molecule has 32 heavy (non-hydrogen) atoms. The Morgan fingerprint density at radius 3 is 2.44 bits per heavy atom. The van der Waals surface area contributed by atoms with Crippen LogP contribution in [0.1, 0.15) is 38.5 Å². The number of ether oxygens (including phenoxy) is 2. The van der Waals surface area contributed by atoms with Crippen LogP contribution in [0.3, 0.4) is 0 Å². The van der Waals surface area contributed by atoms with Crippen LogP contribution in [0.25, 0.3) is 10.9 Å². The van der Waals surface area contributed by atoms with Gasteiger partial charge in [-0.15, -0.1) is 0 Å². The molecule has 0 bridgehead atoms. The maximum absolute atomic E-state index is 6.14. The molecule has 0 amide bonds. The second-order valence-corrected chi connectivity index (χ2v) is 8.61. The van der Waals surface area contributed by atoms with E-state index in [9.17, 15) is 0 Å². The topological polar surface area (TPSA) is 68.5 Å². The molecular formula is C24H32N6O2. The summed E-state index contributed by atoms with van der Waals surface area (Å²) in [6.07, 6.45) is 12.6. The highest BCUT2D eigenvalue weighted by Crippen LogP contribution is 2.37. The van der Waals surface area contributed by atoms with Gasteiger partial charge in [0.1, 0.15) is 5.82 Å². The third-order valence-corrected chi connectivity index (χ3v) is 6.37. The lowest BCUT2D eigenvalue weighted by molar-refractivity contribution is 0.283. The number of fused-ring (bicyclic) bond motifs is 1. The third kappa shape index (κ3) is 4.45. The Bertz CT molecular complexity index is 1030. The molecule has 0 spiro atoms. The van der Waals surface area contributed by atoms with Crippen molar-refractivity contribution in [2.45, 2.75) is 45.1 Å². The number of piperidine rings is 1. The van der Waals surface area contributed by atoms with Gasteiger partial charge in [-0.05, 0) is 44.6 Å². The van der Waals surface area contributed by atoms with Crippen molar-refractivity contribution in [3.05, 3.63) is 30.9 Å². The molecule has 3 aromatic rings. The van der Waals surface area contributed by atoms with Crippen LogP contribution in [0.4, 0.5) is 11.8 Å². The van der Waals surface area contributed by atoms with Crippen LogP contribution in [-0.2, 0) is 6.54 Å². The molecular weight excluding hydrogens is 404 g/mol. The predicted molar refractivity (Wildman–Crippen MR) is 126 cm³/mol. The smallest absolute Gasteiger partial charge is 0.227 e. The summed E-state index contributed by atoms with van der Waals surface area (Å²) in [4.78, 5) is 18.8. The van der Waals surface area contributed by atoms with Crippen molar-refractivity contribution < 1.29 is 9.47 Å². The molecule has 4 heterocycles. The van der Waals surface area contributed by atoms with Gasteiger partial charge in [0.05, 0.1) is 25.6 Å². The molecule has 0 N–H and O–H groups in total. The first kappa shape index (κ1) is 20.8. The third-order valence-electron chi connectivity index (χ3n) is 6.37. The number of aromatic nitrogens is 4. The van der Waals surface area contributed by atoms with Crippen molar-refractivity contribution in [1.29, 1.82) is 0 Å². The van der Waals surface area contributed by atoms with E-state index in [1.54, 1.807) is 13.3 Å². The van der Waals surface area contributed by atoms with E-state index in [4.69, 9.17) is 19.4 Å². The lowest BCUT2D eigenvalue weighted by Crippen LogP contribution is -2.31. The highest BCUT2D eigenvalue weighted by atomic mass is 16.5. The Balaban J connectivity index is 1.45. The molecule has 8 heteroatoms. The molecule has 8 nitrogen and oxygen atoms in total. The van der Waals surface area contributed by atoms with Crippen LogP contribution in [-0.4, -0.2) is 59.4 Å². The van der Waals surface area contributed by atoms with Gasteiger partial charge in [-0.1, -0.05) is 0 Å². The number of benzene rings is 1. The summed E-state index contributed by atoms with van der Waals surface area (Å²) < 4.78 is 13.9. The molecule has 170 valence electrons. The van der Waals surface area contributed by atoms with Gasteiger partial charge >= 0.3 is 0 Å². The second kappa shape index (κ2) is 9.63. The monoisotopic (exact) mass is 436 g/mol. The highest BCUT2D eigenvalue weighted by Gasteiger charge is 2.22. The number of rotatable bonds is 8. The number of hydrogen-bond donors (Lipinski definition) is 0. The average molecular weight is 437 g/mol. The van der Waals surface area contributed by atoms with Gasteiger partial charge in [-0.25, -0.2) is 9.97 Å². The number of aryl methyl sites for hydroxylation is 1. The Morgan fingerprint density at radius 1 is 0.906 bits per heavy atom. The summed E-state index contributed by atoms with van der Waals surface area (Å²) in [6, 6.07) is 4.08. The summed E-state index contributed by atoms with van der Waals surface area (Å²) in [5.74, 6) is 3.34. The number of imidazole rings is 1. The summed E-state index contributed by atoms with van der Waals surface area (Å²) in [7, 11) is 1.69. The fourth-order valence-electron chi connectivity index (χ4n) is 4.63. The first-order chi connectivity index (χ1) is 15.8. The maximum Gasteiger partial charge on any atom is 0.227 e. The Hall–Kier alpha value is -3.03. The van der Waals surface area contributed by atoms with Crippen molar-refractivity contribution >= 4 is 22.7 Å². The Morgan fingerprint density at radius 2 is 1.69 bits per heavy atom. The van der Waals surface area contributed by atoms with E-state index in [1.807, 2.05) is 18.6 Å². The molecule has 2 saturated heterocycles. The number of methoxy groups -OCH3 is 1. The molecule has 0 radical (unpaired) electrons. The zero-order chi connectivity index (χ0) is 21.8. The quantitative estimate of drug-likeness (QED) is 0.496. The van der Waals surface area contributed by atoms with Crippen molar-refractivity contribution in [2.75, 3.05) is 49.7 Å². The van der Waals surface area contributed by atoms with E-state index in [-0.39, 0.29) is 0 Å². The lowest BCUT2D eigenvalue weighted by atomic mass is 10.1. The SMILES string of the molecule is COc1cc2c(N3CCCCC3)nc(N3CCCC3)nc2cc1OCCCn1ccnc1. The predicted octanol–water partition coefficient (Wildman–Crippen LogP) is 3.89. The van der Waals surface area contributed by atoms with E-state index >= 15 is 0 Å². The normalized spacial score (nSPS) is 16.7. The minimum absolute atomic E-state index is 0.600. The minimum atomic E-state index is 0.600. The molecule has 5 rings (SSSR count). The van der Waals surface area contributed by atoms with Gasteiger partial charge < -0.3 is 23.8 Å². The average Bonchev–Trinajstić information content (AvgIpc) is 3.56. The van der Waals surface area contributed by atoms with Gasteiger partial charge in [0.15, 0.2) is 11.5 Å². The Kier molecular flexibility index (Phi) is 6.27. The van der Waals surface area contributed by atoms with Crippen molar-refractivity contribution in [3.8, 4) is 11.5 Å². The summed E-state index contributed by atoms with van der Waals surface area (Å²) in [6.45, 7) is 5.61. The fraction of sp³-hybridized carbons (Fsp3) is 0.542. The number of anilines is 2. The van der Waals surface area contributed by atoms with Gasteiger partial charge in [0.25, 0.3) is 0 Å².